The van der Waals surface area contributed by atoms with E-state index in [1.54, 1.807) is 6.07 Å². The molecule has 0 spiro atoms. The Hall–Kier alpha value is -1.35. The van der Waals surface area contributed by atoms with E-state index in [0.717, 1.165) is 11.1 Å². The van der Waals surface area contributed by atoms with Crippen molar-refractivity contribution < 1.29 is 8.81 Å². The van der Waals surface area contributed by atoms with Crippen LogP contribution in [0.4, 0.5) is 4.39 Å². The van der Waals surface area contributed by atoms with Gasteiger partial charge in [-0.1, -0.05) is 12.1 Å². The highest BCUT2D eigenvalue weighted by molar-refractivity contribution is 5.78. The second-order valence-electron chi connectivity index (χ2n) is 4.41. The van der Waals surface area contributed by atoms with Gasteiger partial charge in [-0.3, -0.25) is 0 Å². The molecule has 1 aliphatic rings. The van der Waals surface area contributed by atoms with Gasteiger partial charge in [0.05, 0.1) is 6.04 Å². The Morgan fingerprint density at radius 3 is 2.88 bits per heavy atom. The first kappa shape index (κ1) is 9.85. The van der Waals surface area contributed by atoms with Gasteiger partial charge >= 0.3 is 0 Å². The van der Waals surface area contributed by atoms with Crippen molar-refractivity contribution >= 4 is 11.0 Å². The summed E-state index contributed by atoms with van der Waals surface area (Å²) in [5.41, 5.74) is 0.374. The number of halogens is 1. The highest BCUT2D eigenvalue weighted by Crippen LogP contribution is 2.42. The lowest BCUT2D eigenvalue weighted by molar-refractivity contribution is 0.413. The van der Waals surface area contributed by atoms with E-state index in [-0.39, 0.29) is 11.9 Å². The van der Waals surface area contributed by atoms with Gasteiger partial charge in [0.15, 0.2) is 11.4 Å². The molecule has 1 fully saturated rings. The van der Waals surface area contributed by atoms with Crippen molar-refractivity contribution in [2.75, 3.05) is 7.05 Å². The van der Waals surface area contributed by atoms with Crippen LogP contribution in [0.1, 0.15) is 24.6 Å². The zero-order chi connectivity index (χ0) is 11.1. The fourth-order valence-corrected chi connectivity index (χ4v) is 2.24. The predicted molar refractivity (Wildman–Crippen MR) is 60.7 cm³/mol. The van der Waals surface area contributed by atoms with Gasteiger partial charge in [-0.05, 0) is 37.9 Å². The molecule has 0 bridgehead atoms. The first-order chi connectivity index (χ1) is 7.79. The van der Waals surface area contributed by atoms with E-state index in [0.29, 0.717) is 11.5 Å². The summed E-state index contributed by atoms with van der Waals surface area (Å²) in [5, 5.41) is 4.09. The van der Waals surface area contributed by atoms with Crippen LogP contribution in [-0.2, 0) is 0 Å². The Morgan fingerprint density at radius 2 is 2.25 bits per heavy atom. The third kappa shape index (κ3) is 1.52. The first-order valence-electron chi connectivity index (χ1n) is 5.65. The smallest absolute Gasteiger partial charge is 0.169 e. The Morgan fingerprint density at radius 1 is 1.44 bits per heavy atom. The molecule has 0 saturated heterocycles. The number of hydrogen-bond donors (Lipinski definition) is 1. The second kappa shape index (κ2) is 3.59. The Bertz CT molecular complexity index is 516. The highest BCUT2D eigenvalue weighted by Gasteiger charge is 2.33. The minimum Gasteiger partial charge on any atom is -0.456 e. The number of benzene rings is 1. The van der Waals surface area contributed by atoms with Gasteiger partial charge in [0.1, 0.15) is 5.76 Å². The molecule has 0 amide bonds. The zero-order valence-corrected chi connectivity index (χ0v) is 9.16. The molecule has 3 rings (SSSR count). The summed E-state index contributed by atoms with van der Waals surface area (Å²) in [4.78, 5) is 0. The number of furan rings is 1. The molecule has 1 N–H and O–H groups in total. The van der Waals surface area contributed by atoms with Crippen LogP contribution in [0.15, 0.2) is 28.7 Å². The fourth-order valence-electron chi connectivity index (χ4n) is 2.24. The SMILES string of the molecule is CNC(c1cc2cccc(F)c2o1)C1CC1. The van der Waals surface area contributed by atoms with Crippen LogP contribution < -0.4 is 5.32 Å². The molecule has 1 atom stereocenters. The maximum absolute atomic E-state index is 13.5. The van der Waals surface area contributed by atoms with Crippen LogP contribution in [0.3, 0.4) is 0 Å². The molecule has 2 aromatic rings. The molecule has 1 aliphatic carbocycles. The molecule has 1 heterocycles. The molecule has 1 aromatic heterocycles. The van der Waals surface area contributed by atoms with Crippen LogP contribution in [0.25, 0.3) is 11.0 Å². The largest absolute Gasteiger partial charge is 0.456 e. The molecular formula is C13H14FNO. The number of fused-ring (bicyclic) bond motifs is 1. The van der Waals surface area contributed by atoms with Crippen LogP contribution in [0.5, 0.6) is 0 Å². The normalized spacial score (nSPS) is 17.9. The minimum atomic E-state index is -0.283. The lowest BCUT2D eigenvalue weighted by Crippen LogP contribution is -2.17. The van der Waals surface area contributed by atoms with Crippen molar-refractivity contribution in [2.24, 2.45) is 5.92 Å². The van der Waals surface area contributed by atoms with Crippen LogP contribution >= 0.6 is 0 Å². The number of hydrogen-bond acceptors (Lipinski definition) is 2. The van der Waals surface area contributed by atoms with Crippen LogP contribution in [-0.4, -0.2) is 7.05 Å². The van der Waals surface area contributed by atoms with Gasteiger partial charge in [0, 0.05) is 5.39 Å². The maximum Gasteiger partial charge on any atom is 0.169 e. The molecule has 3 heteroatoms. The van der Waals surface area contributed by atoms with E-state index in [1.165, 1.54) is 18.9 Å². The van der Waals surface area contributed by atoms with E-state index in [1.807, 2.05) is 19.2 Å². The van der Waals surface area contributed by atoms with E-state index < -0.39 is 0 Å². The average molecular weight is 219 g/mol. The highest BCUT2D eigenvalue weighted by atomic mass is 19.1. The average Bonchev–Trinajstić information content (AvgIpc) is 2.99. The first-order valence-corrected chi connectivity index (χ1v) is 5.65. The molecule has 16 heavy (non-hydrogen) atoms. The van der Waals surface area contributed by atoms with Crippen molar-refractivity contribution in [1.82, 2.24) is 5.32 Å². The molecule has 0 aliphatic heterocycles. The van der Waals surface area contributed by atoms with E-state index in [9.17, 15) is 4.39 Å². The van der Waals surface area contributed by atoms with E-state index in [2.05, 4.69) is 5.32 Å². The van der Waals surface area contributed by atoms with Gasteiger partial charge in [-0.15, -0.1) is 0 Å². The van der Waals surface area contributed by atoms with Gasteiger partial charge in [-0.2, -0.15) is 0 Å². The molecule has 2 nitrogen and oxygen atoms in total. The third-order valence-corrected chi connectivity index (χ3v) is 3.23. The second-order valence-corrected chi connectivity index (χ2v) is 4.41. The standard InChI is InChI=1S/C13H14FNO/c1-15-12(8-5-6-8)11-7-9-3-2-4-10(14)13(9)16-11/h2-4,7-8,12,15H,5-6H2,1H3. The summed E-state index contributed by atoms with van der Waals surface area (Å²) >= 11 is 0. The number of nitrogens with one attached hydrogen (secondary N) is 1. The third-order valence-electron chi connectivity index (χ3n) is 3.23. The Labute approximate surface area is 93.4 Å². The molecule has 84 valence electrons. The van der Waals surface area contributed by atoms with Gasteiger partial charge < -0.3 is 9.73 Å². The predicted octanol–water partition coefficient (Wildman–Crippen LogP) is 3.24. The van der Waals surface area contributed by atoms with E-state index >= 15 is 0 Å². The summed E-state index contributed by atoms with van der Waals surface area (Å²) < 4.78 is 19.1. The molecule has 0 radical (unpaired) electrons. The minimum absolute atomic E-state index is 0.229. The summed E-state index contributed by atoms with van der Waals surface area (Å²) in [5.74, 6) is 1.22. The zero-order valence-electron chi connectivity index (χ0n) is 9.16. The van der Waals surface area contributed by atoms with Crippen molar-refractivity contribution in [2.45, 2.75) is 18.9 Å². The quantitative estimate of drug-likeness (QED) is 0.857. The topological polar surface area (TPSA) is 25.2 Å². The van der Waals surface area contributed by atoms with Crippen molar-refractivity contribution in [1.29, 1.82) is 0 Å². The molecular weight excluding hydrogens is 205 g/mol. The van der Waals surface area contributed by atoms with Crippen LogP contribution in [0.2, 0.25) is 0 Å². The number of para-hydroxylation sites is 1. The summed E-state index contributed by atoms with van der Waals surface area (Å²) in [6, 6.07) is 7.19. The summed E-state index contributed by atoms with van der Waals surface area (Å²) in [6.07, 6.45) is 2.45. The molecule has 1 aromatic carbocycles. The Balaban J connectivity index is 2.06. The summed E-state index contributed by atoms with van der Waals surface area (Å²) in [6.45, 7) is 0. The lowest BCUT2D eigenvalue weighted by Gasteiger charge is -2.11. The number of rotatable bonds is 3. The van der Waals surface area contributed by atoms with E-state index in [4.69, 9.17) is 4.42 Å². The monoisotopic (exact) mass is 219 g/mol. The van der Waals surface area contributed by atoms with Crippen molar-refractivity contribution in [3.05, 3.63) is 35.8 Å². The Kier molecular flexibility index (Phi) is 2.21. The lowest BCUT2D eigenvalue weighted by atomic mass is 10.1. The van der Waals surface area contributed by atoms with Gasteiger partial charge in [0.25, 0.3) is 0 Å². The fraction of sp³-hybridized carbons (Fsp3) is 0.385. The van der Waals surface area contributed by atoms with Gasteiger partial charge in [-0.25, -0.2) is 4.39 Å². The van der Waals surface area contributed by atoms with Crippen LogP contribution in [0, 0.1) is 11.7 Å². The maximum atomic E-state index is 13.5. The molecule has 1 saturated carbocycles. The van der Waals surface area contributed by atoms with Crippen molar-refractivity contribution in [3.8, 4) is 0 Å². The molecule has 1 unspecified atom stereocenters. The van der Waals surface area contributed by atoms with Gasteiger partial charge in [0.2, 0.25) is 0 Å². The van der Waals surface area contributed by atoms with Crippen molar-refractivity contribution in [3.63, 3.8) is 0 Å². The summed E-state index contributed by atoms with van der Waals surface area (Å²) in [7, 11) is 1.92.